The number of hydrogen-bond donors (Lipinski definition) is 1. The highest BCUT2D eigenvalue weighted by molar-refractivity contribution is 5.62. The number of nitriles is 1. The molecule has 1 atom stereocenters. The van der Waals surface area contributed by atoms with Crippen LogP contribution in [0, 0.1) is 11.3 Å². The first kappa shape index (κ1) is 24.9. The third-order valence-electron chi connectivity index (χ3n) is 8.88. The molecule has 0 amide bonds. The summed E-state index contributed by atoms with van der Waals surface area (Å²) in [5.41, 5.74) is 15.0. The zero-order valence-electron chi connectivity index (χ0n) is 22.8. The lowest BCUT2D eigenvalue weighted by atomic mass is 9.78. The van der Waals surface area contributed by atoms with E-state index >= 15 is 0 Å². The van der Waals surface area contributed by atoms with E-state index in [1.807, 2.05) is 6.07 Å². The van der Waals surface area contributed by atoms with Crippen LogP contribution in [-0.4, -0.2) is 26.3 Å². The van der Waals surface area contributed by atoms with Crippen LogP contribution in [0.15, 0.2) is 18.2 Å². The summed E-state index contributed by atoms with van der Waals surface area (Å²) in [7, 11) is 0. The third kappa shape index (κ3) is 4.44. The number of anilines is 2. The summed E-state index contributed by atoms with van der Waals surface area (Å²) < 4.78 is 2.25. The smallest absolute Gasteiger partial charge is 0.136 e. The minimum absolute atomic E-state index is 0.255. The molecule has 2 aliphatic carbocycles. The van der Waals surface area contributed by atoms with Gasteiger partial charge in [0.1, 0.15) is 17.7 Å². The van der Waals surface area contributed by atoms with E-state index < -0.39 is 0 Å². The van der Waals surface area contributed by atoms with Gasteiger partial charge in [0.25, 0.3) is 0 Å². The molecule has 0 spiro atoms. The average Bonchev–Trinajstić information content (AvgIpc) is 3.17. The van der Waals surface area contributed by atoms with E-state index in [4.69, 9.17) is 20.8 Å². The van der Waals surface area contributed by atoms with Crippen molar-refractivity contribution < 1.29 is 0 Å². The Hall–Kier alpha value is -3.40. The van der Waals surface area contributed by atoms with Crippen molar-refractivity contribution in [3.63, 3.8) is 0 Å². The molecule has 0 bridgehead atoms. The molecule has 0 saturated heterocycles. The van der Waals surface area contributed by atoms with Crippen molar-refractivity contribution in [3.05, 3.63) is 63.4 Å². The first-order valence-corrected chi connectivity index (χ1v) is 14.6. The monoisotopic (exact) mass is 509 g/mol. The zero-order valence-corrected chi connectivity index (χ0v) is 22.8. The Bertz CT molecular complexity index is 1380. The van der Waals surface area contributed by atoms with Crippen LogP contribution >= 0.6 is 0 Å². The molecule has 3 aliphatic rings. The van der Waals surface area contributed by atoms with Crippen LogP contribution in [0.4, 0.5) is 11.5 Å². The van der Waals surface area contributed by atoms with Gasteiger partial charge in [-0.3, -0.25) is 4.68 Å². The van der Waals surface area contributed by atoms with Crippen molar-refractivity contribution in [1.29, 1.82) is 5.26 Å². The maximum absolute atomic E-state index is 10.0. The number of nitrogens with two attached hydrogens (primary N) is 1. The lowest BCUT2D eigenvalue weighted by Gasteiger charge is -2.31. The summed E-state index contributed by atoms with van der Waals surface area (Å²) in [4.78, 5) is 12.7. The van der Waals surface area contributed by atoms with E-state index in [1.54, 1.807) is 0 Å². The molecular formula is C31H39N7. The summed E-state index contributed by atoms with van der Waals surface area (Å²) in [6, 6.07) is 8.82. The van der Waals surface area contributed by atoms with Gasteiger partial charge in [0.2, 0.25) is 0 Å². The molecule has 38 heavy (non-hydrogen) atoms. The fraction of sp³-hybridized carbons (Fsp3) is 0.548. The van der Waals surface area contributed by atoms with Gasteiger partial charge in [0.15, 0.2) is 0 Å². The third-order valence-corrected chi connectivity index (χ3v) is 8.88. The van der Waals surface area contributed by atoms with E-state index in [-0.39, 0.29) is 5.92 Å². The number of nitrogen functional groups attached to an aromatic ring is 1. The number of hydrogen-bond acceptors (Lipinski definition) is 6. The van der Waals surface area contributed by atoms with Gasteiger partial charge in [0, 0.05) is 36.7 Å². The number of nitrogens with zero attached hydrogens (tertiary/aromatic N) is 6. The van der Waals surface area contributed by atoms with E-state index in [9.17, 15) is 5.26 Å². The van der Waals surface area contributed by atoms with E-state index in [0.29, 0.717) is 17.2 Å². The van der Waals surface area contributed by atoms with Crippen LogP contribution in [0.5, 0.6) is 0 Å². The highest BCUT2D eigenvalue weighted by atomic mass is 15.3. The lowest BCUT2D eigenvalue weighted by Crippen LogP contribution is -2.28. The van der Waals surface area contributed by atoms with E-state index in [2.05, 4.69) is 41.6 Å². The summed E-state index contributed by atoms with van der Waals surface area (Å²) in [6.07, 6.45) is 10.5. The molecule has 3 heterocycles. The van der Waals surface area contributed by atoms with Crippen molar-refractivity contribution >= 4 is 11.5 Å². The van der Waals surface area contributed by atoms with Crippen LogP contribution in [0.25, 0.3) is 0 Å². The molecule has 3 aromatic rings. The maximum atomic E-state index is 10.0. The van der Waals surface area contributed by atoms with Crippen LogP contribution < -0.4 is 10.6 Å². The second-order valence-corrected chi connectivity index (χ2v) is 11.3. The molecule has 6 rings (SSSR count). The minimum atomic E-state index is 0.255. The van der Waals surface area contributed by atoms with Gasteiger partial charge in [-0.15, -0.1) is 0 Å². The molecule has 0 radical (unpaired) electrons. The summed E-state index contributed by atoms with van der Waals surface area (Å²) in [5.74, 6) is 2.94. The molecule has 7 nitrogen and oxygen atoms in total. The Morgan fingerprint density at radius 1 is 1.08 bits per heavy atom. The molecule has 1 aromatic carbocycles. The summed E-state index contributed by atoms with van der Waals surface area (Å²) in [6.45, 7) is 7.13. The first-order chi connectivity index (χ1) is 18.6. The van der Waals surface area contributed by atoms with Crippen LogP contribution in [-0.2, 0) is 38.8 Å². The molecule has 1 aliphatic heterocycles. The molecule has 1 unspecified atom stereocenters. The molecule has 1 fully saturated rings. The summed E-state index contributed by atoms with van der Waals surface area (Å²) >= 11 is 0. The standard InChI is InChI=1S/C31H39N7/c1-3-7-21-11-13-26(33)25(18-32)30(21)22-10-12-24-28(16-22)34-29(4-2)35-31(24)37-14-6-15-38-23(19-37)17-27(36-38)20-8-5-9-20/h11,13,17,20,22H,3-10,12,14-16,19,33H2,1-2H3. The number of fused-ring (bicyclic) bond motifs is 2. The second kappa shape index (κ2) is 10.4. The Morgan fingerprint density at radius 3 is 2.68 bits per heavy atom. The van der Waals surface area contributed by atoms with Crippen molar-refractivity contribution in [3.8, 4) is 6.07 Å². The quantitative estimate of drug-likeness (QED) is 0.435. The van der Waals surface area contributed by atoms with E-state index in [0.717, 1.165) is 87.5 Å². The normalized spacial score (nSPS) is 19.3. The predicted octanol–water partition coefficient (Wildman–Crippen LogP) is 5.59. The SMILES string of the molecule is CCCc1ccc(N)c(C#N)c1C1CCc2c(nc(CC)nc2N2CCCn3nc(C4CCC4)cc3C2)C1. The molecular weight excluding hydrogens is 470 g/mol. The van der Waals surface area contributed by atoms with Gasteiger partial charge >= 0.3 is 0 Å². The second-order valence-electron chi connectivity index (χ2n) is 11.3. The molecule has 7 heteroatoms. The van der Waals surface area contributed by atoms with Gasteiger partial charge in [0.05, 0.1) is 29.2 Å². The number of benzene rings is 1. The molecule has 2 aromatic heterocycles. The van der Waals surface area contributed by atoms with Gasteiger partial charge in [-0.25, -0.2) is 9.97 Å². The lowest BCUT2D eigenvalue weighted by molar-refractivity contribution is 0.405. The fourth-order valence-electron chi connectivity index (χ4n) is 6.64. The number of aromatic nitrogens is 4. The van der Waals surface area contributed by atoms with Gasteiger partial charge < -0.3 is 10.6 Å². The highest BCUT2D eigenvalue weighted by Gasteiger charge is 2.31. The Balaban J connectivity index is 1.34. The fourth-order valence-corrected chi connectivity index (χ4v) is 6.64. The molecule has 198 valence electrons. The predicted molar refractivity (Wildman–Crippen MR) is 150 cm³/mol. The van der Waals surface area contributed by atoms with Crippen molar-refractivity contribution in [2.75, 3.05) is 17.2 Å². The highest BCUT2D eigenvalue weighted by Crippen LogP contribution is 2.41. The van der Waals surface area contributed by atoms with Crippen molar-refractivity contribution in [2.45, 2.75) is 103 Å². The Morgan fingerprint density at radius 2 is 1.95 bits per heavy atom. The number of aryl methyl sites for hydroxylation is 3. The Kier molecular flexibility index (Phi) is 6.82. The van der Waals surface area contributed by atoms with Gasteiger partial charge in [-0.1, -0.05) is 32.8 Å². The summed E-state index contributed by atoms with van der Waals surface area (Å²) in [5, 5.41) is 15.0. The largest absolute Gasteiger partial charge is 0.398 e. The van der Waals surface area contributed by atoms with Crippen LogP contribution in [0.3, 0.4) is 0 Å². The number of rotatable bonds is 6. The van der Waals surface area contributed by atoms with E-state index in [1.165, 1.54) is 41.8 Å². The first-order valence-electron chi connectivity index (χ1n) is 14.6. The Labute approximate surface area is 226 Å². The minimum Gasteiger partial charge on any atom is -0.398 e. The molecule has 2 N–H and O–H groups in total. The van der Waals surface area contributed by atoms with Gasteiger partial charge in [-0.05, 0) is 74.1 Å². The van der Waals surface area contributed by atoms with Crippen molar-refractivity contribution in [2.24, 2.45) is 0 Å². The maximum Gasteiger partial charge on any atom is 0.136 e. The topological polar surface area (TPSA) is 96.6 Å². The van der Waals surface area contributed by atoms with Crippen molar-refractivity contribution in [1.82, 2.24) is 19.7 Å². The van der Waals surface area contributed by atoms with Gasteiger partial charge in [-0.2, -0.15) is 10.4 Å². The molecule has 1 saturated carbocycles. The van der Waals surface area contributed by atoms with Crippen LogP contribution in [0.1, 0.15) is 109 Å². The van der Waals surface area contributed by atoms with Crippen LogP contribution in [0.2, 0.25) is 0 Å². The average molecular weight is 510 g/mol. The zero-order chi connectivity index (χ0) is 26.2.